The first-order chi connectivity index (χ1) is 9.56. The predicted octanol–water partition coefficient (Wildman–Crippen LogP) is 3.29. The van der Waals surface area contributed by atoms with Gasteiger partial charge in [0.2, 0.25) is 5.78 Å². The van der Waals surface area contributed by atoms with Crippen LogP contribution in [0.2, 0.25) is 5.02 Å². The van der Waals surface area contributed by atoms with E-state index in [0.29, 0.717) is 27.8 Å². The molecule has 0 aliphatic heterocycles. The summed E-state index contributed by atoms with van der Waals surface area (Å²) in [5.41, 5.74) is 1.62. The molecule has 0 fully saturated rings. The molecule has 0 bridgehead atoms. The van der Waals surface area contributed by atoms with Crippen LogP contribution < -0.4 is 9.47 Å². The number of halogens is 1. The zero-order valence-corrected chi connectivity index (χ0v) is 12.2. The van der Waals surface area contributed by atoms with Crippen LogP contribution >= 0.6 is 11.6 Å². The van der Waals surface area contributed by atoms with Crippen molar-refractivity contribution in [2.75, 3.05) is 14.2 Å². The molecule has 0 unspecified atom stereocenters. The maximum absolute atomic E-state index is 12.4. The van der Waals surface area contributed by atoms with E-state index < -0.39 is 0 Å². The van der Waals surface area contributed by atoms with Crippen LogP contribution in [-0.2, 0) is 0 Å². The van der Waals surface area contributed by atoms with Crippen molar-refractivity contribution >= 4 is 17.4 Å². The van der Waals surface area contributed by atoms with Crippen molar-refractivity contribution in [1.29, 1.82) is 0 Å². The second kappa shape index (κ2) is 5.92. The van der Waals surface area contributed by atoms with E-state index in [9.17, 15) is 4.79 Å². The lowest BCUT2D eigenvalue weighted by molar-refractivity contribution is 0.103. The molecule has 1 heterocycles. The van der Waals surface area contributed by atoms with Gasteiger partial charge in [-0.25, -0.2) is 0 Å². The second-order valence-corrected chi connectivity index (χ2v) is 4.63. The first-order valence-electron chi connectivity index (χ1n) is 5.95. The summed E-state index contributed by atoms with van der Waals surface area (Å²) in [5, 5.41) is 0.487. The van der Waals surface area contributed by atoms with Gasteiger partial charge in [-0.2, -0.15) is 0 Å². The molecular formula is C15H14ClNO3. The average molecular weight is 292 g/mol. The highest BCUT2D eigenvalue weighted by atomic mass is 35.5. The Hall–Kier alpha value is -2.07. The van der Waals surface area contributed by atoms with Crippen LogP contribution in [-0.4, -0.2) is 25.0 Å². The van der Waals surface area contributed by atoms with Crippen molar-refractivity contribution in [1.82, 2.24) is 4.98 Å². The van der Waals surface area contributed by atoms with Gasteiger partial charge in [0.25, 0.3) is 0 Å². The Morgan fingerprint density at radius 2 is 1.75 bits per heavy atom. The second-order valence-electron chi connectivity index (χ2n) is 4.20. The summed E-state index contributed by atoms with van der Waals surface area (Å²) >= 11 is 5.76. The fourth-order valence-electron chi connectivity index (χ4n) is 1.88. The number of carbonyl (C=O) groups excluding carboxylic acids is 1. The minimum atomic E-state index is -0.210. The highest BCUT2D eigenvalue weighted by Gasteiger charge is 2.16. The van der Waals surface area contributed by atoms with Gasteiger partial charge in [0.15, 0.2) is 0 Å². The summed E-state index contributed by atoms with van der Waals surface area (Å²) in [6.45, 7) is 1.87. The van der Waals surface area contributed by atoms with Crippen LogP contribution in [0.3, 0.4) is 0 Å². The summed E-state index contributed by atoms with van der Waals surface area (Å²) in [4.78, 5) is 16.4. The molecule has 0 radical (unpaired) electrons. The number of hydrogen-bond acceptors (Lipinski definition) is 4. The number of benzene rings is 1. The molecule has 0 saturated heterocycles. The Morgan fingerprint density at radius 1 is 1.15 bits per heavy atom. The number of methoxy groups -OCH3 is 2. The Kier molecular flexibility index (Phi) is 4.25. The van der Waals surface area contributed by atoms with E-state index >= 15 is 0 Å². The molecule has 20 heavy (non-hydrogen) atoms. The Bertz CT molecular complexity index is 613. The standard InChI is InChI=1S/C15H14ClNO3/c1-9-13(19-2)6-10(7-14(9)20-3)15(18)12-5-4-11(16)8-17-12/h4-8H,1-3H3. The van der Waals surface area contributed by atoms with Gasteiger partial charge < -0.3 is 9.47 Å². The molecular weight excluding hydrogens is 278 g/mol. The van der Waals surface area contributed by atoms with Gasteiger partial charge in [0, 0.05) is 17.3 Å². The number of pyridine rings is 1. The van der Waals surface area contributed by atoms with Gasteiger partial charge >= 0.3 is 0 Å². The molecule has 1 aromatic heterocycles. The van der Waals surface area contributed by atoms with Crippen molar-refractivity contribution < 1.29 is 14.3 Å². The minimum Gasteiger partial charge on any atom is -0.496 e. The summed E-state index contributed by atoms with van der Waals surface area (Å²) < 4.78 is 10.5. The van der Waals surface area contributed by atoms with Gasteiger partial charge in [-0.3, -0.25) is 9.78 Å². The van der Waals surface area contributed by atoms with E-state index in [-0.39, 0.29) is 5.78 Å². The molecule has 0 N–H and O–H groups in total. The highest BCUT2D eigenvalue weighted by molar-refractivity contribution is 6.30. The molecule has 0 amide bonds. The van der Waals surface area contributed by atoms with E-state index in [0.717, 1.165) is 5.56 Å². The van der Waals surface area contributed by atoms with Crippen molar-refractivity contribution in [3.63, 3.8) is 0 Å². The molecule has 2 rings (SSSR count). The lowest BCUT2D eigenvalue weighted by Gasteiger charge is -2.12. The quantitative estimate of drug-likeness (QED) is 0.811. The lowest BCUT2D eigenvalue weighted by atomic mass is 10.0. The van der Waals surface area contributed by atoms with Crippen molar-refractivity contribution in [2.24, 2.45) is 0 Å². The number of carbonyl (C=O) groups is 1. The van der Waals surface area contributed by atoms with Crippen molar-refractivity contribution in [3.8, 4) is 11.5 Å². The average Bonchev–Trinajstić information content (AvgIpc) is 2.47. The Morgan fingerprint density at radius 3 is 2.20 bits per heavy atom. The summed E-state index contributed by atoms with van der Waals surface area (Å²) in [5.74, 6) is 0.988. The first-order valence-corrected chi connectivity index (χ1v) is 6.33. The number of hydrogen-bond donors (Lipinski definition) is 0. The zero-order chi connectivity index (χ0) is 14.7. The van der Waals surface area contributed by atoms with Gasteiger partial charge in [-0.1, -0.05) is 11.6 Å². The smallest absolute Gasteiger partial charge is 0.211 e. The Balaban J connectivity index is 2.46. The zero-order valence-electron chi connectivity index (χ0n) is 11.4. The van der Waals surface area contributed by atoms with E-state index in [1.807, 2.05) is 6.92 Å². The van der Waals surface area contributed by atoms with E-state index in [1.54, 1.807) is 38.5 Å². The molecule has 2 aromatic rings. The number of rotatable bonds is 4. The molecule has 104 valence electrons. The predicted molar refractivity (Wildman–Crippen MR) is 77.0 cm³/mol. The molecule has 5 heteroatoms. The van der Waals surface area contributed by atoms with Crippen LogP contribution in [0.15, 0.2) is 30.5 Å². The summed E-state index contributed by atoms with van der Waals surface area (Å²) in [6, 6.07) is 6.57. The molecule has 0 saturated carbocycles. The molecule has 0 aliphatic rings. The topological polar surface area (TPSA) is 48.4 Å². The summed E-state index contributed by atoms with van der Waals surface area (Å²) in [6.07, 6.45) is 1.44. The Labute approximate surface area is 122 Å². The maximum atomic E-state index is 12.4. The SMILES string of the molecule is COc1cc(C(=O)c2ccc(Cl)cn2)cc(OC)c1C. The van der Waals surface area contributed by atoms with E-state index in [4.69, 9.17) is 21.1 Å². The molecule has 1 aromatic carbocycles. The lowest BCUT2D eigenvalue weighted by Crippen LogP contribution is -2.05. The van der Waals surface area contributed by atoms with Gasteiger partial charge in [0.1, 0.15) is 17.2 Å². The van der Waals surface area contributed by atoms with E-state index in [1.165, 1.54) is 6.20 Å². The van der Waals surface area contributed by atoms with E-state index in [2.05, 4.69) is 4.98 Å². The highest BCUT2D eigenvalue weighted by Crippen LogP contribution is 2.30. The van der Waals surface area contributed by atoms with Crippen molar-refractivity contribution in [3.05, 3.63) is 52.3 Å². The number of nitrogens with zero attached hydrogens (tertiary/aromatic N) is 1. The minimum absolute atomic E-state index is 0.210. The third-order valence-corrected chi connectivity index (χ3v) is 3.20. The third kappa shape index (κ3) is 2.75. The van der Waals surface area contributed by atoms with Crippen LogP contribution in [0, 0.1) is 6.92 Å². The number of ketones is 1. The number of aromatic nitrogens is 1. The first kappa shape index (κ1) is 14.3. The van der Waals surface area contributed by atoms with Crippen LogP contribution in [0.1, 0.15) is 21.6 Å². The normalized spacial score (nSPS) is 10.2. The third-order valence-electron chi connectivity index (χ3n) is 2.97. The number of ether oxygens (including phenoxy) is 2. The van der Waals surface area contributed by atoms with Crippen molar-refractivity contribution in [2.45, 2.75) is 6.92 Å². The van der Waals surface area contributed by atoms with Gasteiger partial charge in [-0.15, -0.1) is 0 Å². The monoisotopic (exact) mass is 291 g/mol. The molecule has 0 aliphatic carbocycles. The largest absolute Gasteiger partial charge is 0.496 e. The summed E-state index contributed by atoms with van der Waals surface area (Å²) in [7, 11) is 3.10. The van der Waals surface area contributed by atoms with Crippen LogP contribution in [0.4, 0.5) is 0 Å². The van der Waals surface area contributed by atoms with Gasteiger partial charge in [-0.05, 0) is 31.2 Å². The van der Waals surface area contributed by atoms with Gasteiger partial charge in [0.05, 0.1) is 19.2 Å². The van der Waals surface area contributed by atoms with Crippen LogP contribution in [0.25, 0.3) is 0 Å². The molecule has 4 nitrogen and oxygen atoms in total. The van der Waals surface area contributed by atoms with Crippen LogP contribution in [0.5, 0.6) is 11.5 Å². The molecule has 0 spiro atoms. The molecule has 0 atom stereocenters. The maximum Gasteiger partial charge on any atom is 0.211 e. The fraction of sp³-hybridized carbons (Fsp3) is 0.200. The fourth-order valence-corrected chi connectivity index (χ4v) is 1.99.